The summed E-state index contributed by atoms with van der Waals surface area (Å²) < 4.78 is 0. The normalized spacial score (nSPS) is 24.9. The van der Waals surface area contributed by atoms with E-state index in [4.69, 9.17) is 0 Å². The lowest BCUT2D eigenvalue weighted by molar-refractivity contribution is 0.516. The first-order valence-electron chi connectivity index (χ1n) is 6.29. The summed E-state index contributed by atoms with van der Waals surface area (Å²) in [5.74, 6) is 2.55. The maximum absolute atomic E-state index is 4.50. The number of nitrogens with one attached hydrogen (secondary N) is 1. The number of rotatable bonds is 4. The molecule has 1 fully saturated rings. The van der Waals surface area contributed by atoms with Crippen LogP contribution in [-0.4, -0.2) is 17.0 Å². The third-order valence-corrected chi connectivity index (χ3v) is 3.59. The Balaban J connectivity index is 1.99. The first-order valence-corrected chi connectivity index (χ1v) is 6.29. The Morgan fingerprint density at radius 2 is 2.06 bits per heavy atom. The van der Waals surface area contributed by atoms with Crippen molar-refractivity contribution in [2.45, 2.75) is 45.1 Å². The molecule has 88 valence electrons. The van der Waals surface area contributed by atoms with Crippen LogP contribution in [0.3, 0.4) is 0 Å². The molecule has 1 aliphatic rings. The van der Waals surface area contributed by atoms with Gasteiger partial charge in [0.25, 0.3) is 0 Å². The molecule has 2 rings (SSSR count). The van der Waals surface area contributed by atoms with Crippen molar-refractivity contribution < 1.29 is 0 Å². The van der Waals surface area contributed by atoms with Crippen molar-refractivity contribution in [2.75, 3.05) is 7.05 Å². The molecule has 3 nitrogen and oxygen atoms in total. The van der Waals surface area contributed by atoms with Gasteiger partial charge in [-0.3, -0.25) is 0 Å². The zero-order valence-electron chi connectivity index (χ0n) is 10.2. The van der Waals surface area contributed by atoms with Crippen LogP contribution in [-0.2, 0) is 6.54 Å². The molecular formula is C13H21N3. The van der Waals surface area contributed by atoms with Gasteiger partial charge in [-0.25, -0.2) is 9.97 Å². The Bertz CT molecular complexity index is 320. The minimum Gasteiger partial charge on any atom is -0.316 e. The van der Waals surface area contributed by atoms with Crippen LogP contribution in [0.15, 0.2) is 12.4 Å². The van der Waals surface area contributed by atoms with E-state index in [1.807, 2.05) is 19.4 Å². The zero-order chi connectivity index (χ0) is 11.4. The summed E-state index contributed by atoms with van der Waals surface area (Å²) in [5, 5.41) is 3.11. The van der Waals surface area contributed by atoms with E-state index in [0.29, 0.717) is 5.92 Å². The minimum absolute atomic E-state index is 0.605. The predicted octanol–water partition coefficient (Wildman–Crippen LogP) is 2.49. The highest BCUT2D eigenvalue weighted by molar-refractivity contribution is 5.08. The number of aromatic nitrogens is 2. The molecule has 2 unspecified atom stereocenters. The Kier molecular flexibility index (Phi) is 3.88. The van der Waals surface area contributed by atoms with Crippen LogP contribution in [0, 0.1) is 5.92 Å². The van der Waals surface area contributed by atoms with Gasteiger partial charge in [0.1, 0.15) is 5.82 Å². The lowest BCUT2D eigenvalue weighted by atomic mass is 10.0. The zero-order valence-corrected chi connectivity index (χ0v) is 10.2. The molecule has 1 aromatic rings. The summed E-state index contributed by atoms with van der Waals surface area (Å²) >= 11 is 0. The SMILES string of the molecule is CCC1CCC(c2ncc(CNC)cn2)C1. The second-order valence-corrected chi connectivity index (χ2v) is 4.76. The summed E-state index contributed by atoms with van der Waals surface area (Å²) in [7, 11) is 1.94. The van der Waals surface area contributed by atoms with Gasteiger partial charge in [0.2, 0.25) is 0 Å². The second kappa shape index (κ2) is 5.39. The lowest BCUT2D eigenvalue weighted by Crippen LogP contribution is -2.08. The molecule has 0 saturated heterocycles. The second-order valence-electron chi connectivity index (χ2n) is 4.76. The van der Waals surface area contributed by atoms with E-state index >= 15 is 0 Å². The molecule has 0 aromatic carbocycles. The molecule has 3 heteroatoms. The van der Waals surface area contributed by atoms with E-state index in [2.05, 4.69) is 22.2 Å². The van der Waals surface area contributed by atoms with Crippen LogP contribution >= 0.6 is 0 Å². The van der Waals surface area contributed by atoms with Crippen LogP contribution in [0.5, 0.6) is 0 Å². The van der Waals surface area contributed by atoms with Crippen molar-refractivity contribution in [1.82, 2.24) is 15.3 Å². The molecule has 16 heavy (non-hydrogen) atoms. The monoisotopic (exact) mass is 219 g/mol. The third-order valence-electron chi connectivity index (χ3n) is 3.59. The van der Waals surface area contributed by atoms with Gasteiger partial charge in [0.05, 0.1) is 0 Å². The Hall–Kier alpha value is -0.960. The van der Waals surface area contributed by atoms with Crippen LogP contribution in [0.4, 0.5) is 0 Å². The molecule has 2 atom stereocenters. The first kappa shape index (κ1) is 11.5. The molecule has 0 aliphatic heterocycles. The summed E-state index contributed by atoms with van der Waals surface area (Å²) in [6, 6.07) is 0. The van der Waals surface area contributed by atoms with Gasteiger partial charge < -0.3 is 5.32 Å². The van der Waals surface area contributed by atoms with E-state index < -0.39 is 0 Å². The Morgan fingerprint density at radius 3 is 2.62 bits per heavy atom. The highest BCUT2D eigenvalue weighted by atomic mass is 14.9. The average Bonchev–Trinajstić information content (AvgIpc) is 2.79. The molecule has 0 radical (unpaired) electrons. The largest absolute Gasteiger partial charge is 0.316 e. The smallest absolute Gasteiger partial charge is 0.131 e. The first-order chi connectivity index (χ1) is 7.83. The van der Waals surface area contributed by atoms with E-state index in [-0.39, 0.29) is 0 Å². The van der Waals surface area contributed by atoms with E-state index in [1.54, 1.807) is 0 Å². The van der Waals surface area contributed by atoms with Gasteiger partial charge in [-0.15, -0.1) is 0 Å². The van der Waals surface area contributed by atoms with E-state index in [9.17, 15) is 0 Å². The van der Waals surface area contributed by atoms with Crippen molar-refractivity contribution in [1.29, 1.82) is 0 Å². The molecule has 1 aliphatic carbocycles. The summed E-state index contributed by atoms with van der Waals surface area (Å²) in [5.41, 5.74) is 1.16. The number of hydrogen-bond donors (Lipinski definition) is 1. The predicted molar refractivity (Wildman–Crippen MR) is 65.2 cm³/mol. The quantitative estimate of drug-likeness (QED) is 0.845. The molecule has 1 heterocycles. The van der Waals surface area contributed by atoms with Gasteiger partial charge in [-0.05, 0) is 32.2 Å². The molecule has 1 saturated carbocycles. The fraction of sp³-hybridized carbons (Fsp3) is 0.692. The lowest BCUT2D eigenvalue weighted by Gasteiger charge is -2.09. The van der Waals surface area contributed by atoms with Crippen molar-refractivity contribution in [3.05, 3.63) is 23.8 Å². The van der Waals surface area contributed by atoms with Crippen molar-refractivity contribution in [3.63, 3.8) is 0 Å². The third kappa shape index (κ3) is 2.59. The average molecular weight is 219 g/mol. The summed E-state index contributed by atoms with van der Waals surface area (Å²) in [6.07, 6.45) is 9.11. The summed E-state index contributed by atoms with van der Waals surface area (Å²) in [4.78, 5) is 8.99. The van der Waals surface area contributed by atoms with Crippen LogP contribution in [0.25, 0.3) is 0 Å². The fourth-order valence-corrected chi connectivity index (χ4v) is 2.55. The van der Waals surface area contributed by atoms with Crippen molar-refractivity contribution in [3.8, 4) is 0 Å². The minimum atomic E-state index is 0.605. The Labute approximate surface area is 97.7 Å². The molecule has 1 N–H and O–H groups in total. The Morgan fingerprint density at radius 1 is 1.31 bits per heavy atom. The fourth-order valence-electron chi connectivity index (χ4n) is 2.55. The van der Waals surface area contributed by atoms with Crippen LogP contribution in [0.2, 0.25) is 0 Å². The van der Waals surface area contributed by atoms with Crippen LogP contribution < -0.4 is 5.32 Å². The molecular weight excluding hydrogens is 198 g/mol. The van der Waals surface area contributed by atoms with Crippen LogP contribution in [0.1, 0.15) is 49.9 Å². The van der Waals surface area contributed by atoms with Gasteiger partial charge >= 0.3 is 0 Å². The van der Waals surface area contributed by atoms with Crippen molar-refractivity contribution >= 4 is 0 Å². The van der Waals surface area contributed by atoms with E-state index in [0.717, 1.165) is 23.9 Å². The van der Waals surface area contributed by atoms with Gasteiger partial charge in [0, 0.05) is 30.4 Å². The molecule has 0 spiro atoms. The topological polar surface area (TPSA) is 37.8 Å². The molecule has 0 amide bonds. The standard InChI is InChI=1S/C13H21N3/c1-3-10-4-5-12(6-10)13-15-8-11(7-14-2)9-16-13/h8-10,12,14H,3-7H2,1-2H3. The van der Waals surface area contributed by atoms with Gasteiger partial charge in [-0.1, -0.05) is 13.3 Å². The van der Waals surface area contributed by atoms with Gasteiger partial charge in [-0.2, -0.15) is 0 Å². The highest BCUT2D eigenvalue weighted by Gasteiger charge is 2.26. The highest BCUT2D eigenvalue weighted by Crippen LogP contribution is 2.37. The maximum Gasteiger partial charge on any atom is 0.131 e. The van der Waals surface area contributed by atoms with Crippen molar-refractivity contribution in [2.24, 2.45) is 5.92 Å². The number of nitrogens with zero attached hydrogens (tertiary/aromatic N) is 2. The maximum atomic E-state index is 4.50. The van der Waals surface area contributed by atoms with E-state index in [1.165, 1.54) is 25.7 Å². The summed E-state index contributed by atoms with van der Waals surface area (Å²) in [6.45, 7) is 3.13. The van der Waals surface area contributed by atoms with Gasteiger partial charge in [0.15, 0.2) is 0 Å². The number of hydrogen-bond acceptors (Lipinski definition) is 3. The molecule has 0 bridgehead atoms. The molecule has 1 aromatic heterocycles.